The summed E-state index contributed by atoms with van der Waals surface area (Å²) in [4.78, 5) is 12.1. The molecular weight excluding hydrogens is 274 g/mol. The molecule has 102 valence electrons. The monoisotopic (exact) mass is 293 g/mol. The predicted molar refractivity (Wildman–Crippen MR) is 85.5 cm³/mol. The van der Waals surface area contributed by atoms with Crippen LogP contribution in [0.15, 0.2) is 0 Å². The van der Waals surface area contributed by atoms with E-state index in [1.54, 1.807) is 11.3 Å². The predicted octanol–water partition coefficient (Wildman–Crippen LogP) is 4.31. The first kappa shape index (κ1) is 13.2. The van der Waals surface area contributed by atoms with Crippen molar-refractivity contribution in [2.45, 2.75) is 38.4 Å². The van der Waals surface area contributed by atoms with Crippen molar-refractivity contribution < 1.29 is 0 Å². The molecule has 0 spiro atoms. The van der Waals surface area contributed by atoms with Crippen molar-refractivity contribution in [2.24, 2.45) is 0 Å². The highest BCUT2D eigenvalue weighted by Crippen LogP contribution is 2.40. The Morgan fingerprint density at radius 1 is 1.21 bits per heavy atom. The van der Waals surface area contributed by atoms with Crippen molar-refractivity contribution in [2.75, 3.05) is 18.1 Å². The van der Waals surface area contributed by atoms with Gasteiger partial charge < -0.3 is 5.32 Å². The Morgan fingerprint density at radius 2 is 2.05 bits per heavy atom. The van der Waals surface area contributed by atoms with Crippen molar-refractivity contribution in [3.05, 3.63) is 16.3 Å². The third kappa shape index (κ3) is 2.34. The second-order valence-electron chi connectivity index (χ2n) is 5.00. The Morgan fingerprint density at radius 3 is 2.74 bits per heavy atom. The molecule has 3 nitrogen and oxygen atoms in total. The number of hydrogen-bond donors (Lipinski definition) is 1. The molecule has 0 aliphatic carbocycles. The summed E-state index contributed by atoms with van der Waals surface area (Å²) in [6.07, 6.45) is 3.85. The Hall–Kier alpha value is -0.810. The highest BCUT2D eigenvalue weighted by molar-refractivity contribution is 7.99. The van der Waals surface area contributed by atoms with E-state index in [1.807, 2.05) is 18.8 Å². The number of anilines is 1. The summed E-state index contributed by atoms with van der Waals surface area (Å²) < 4.78 is 0. The van der Waals surface area contributed by atoms with Gasteiger partial charge >= 0.3 is 0 Å². The third-order valence-corrected chi connectivity index (χ3v) is 6.22. The average molecular weight is 293 g/mol. The van der Waals surface area contributed by atoms with Gasteiger partial charge in [-0.2, -0.15) is 11.8 Å². The summed E-state index contributed by atoms with van der Waals surface area (Å²) in [6.45, 7) is 4.32. The first-order valence-corrected chi connectivity index (χ1v) is 8.64. The SMILES string of the molecule is CNc1nc(C2CCCCS2)nc2sc(C)c(C)c12. The molecule has 0 aromatic carbocycles. The molecule has 1 unspecified atom stereocenters. The van der Waals surface area contributed by atoms with E-state index >= 15 is 0 Å². The number of nitrogens with one attached hydrogen (secondary N) is 1. The molecule has 1 fully saturated rings. The van der Waals surface area contributed by atoms with Crippen LogP contribution in [-0.4, -0.2) is 22.8 Å². The van der Waals surface area contributed by atoms with Crippen LogP contribution in [-0.2, 0) is 0 Å². The van der Waals surface area contributed by atoms with Crippen LogP contribution in [0, 0.1) is 13.8 Å². The van der Waals surface area contributed by atoms with Gasteiger partial charge in [-0.3, -0.25) is 0 Å². The lowest BCUT2D eigenvalue weighted by Gasteiger charge is -2.20. The van der Waals surface area contributed by atoms with Gasteiger partial charge in [0, 0.05) is 11.9 Å². The minimum Gasteiger partial charge on any atom is -0.372 e. The van der Waals surface area contributed by atoms with E-state index in [1.165, 1.54) is 40.8 Å². The highest BCUT2D eigenvalue weighted by Gasteiger charge is 2.22. The molecule has 1 atom stereocenters. The summed E-state index contributed by atoms with van der Waals surface area (Å²) in [6, 6.07) is 0. The molecule has 1 aliphatic rings. The molecule has 2 aromatic heterocycles. The lowest BCUT2D eigenvalue weighted by atomic mass is 10.1. The summed E-state index contributed by atoms with van der Waals surface area (Å²) in [5.74, 6) is 3.25. The van der Waals surface area contributed by atoms with Crippen molar-refractivity contribution in [1.29, 1.82) is 0 Å². The maximum absolute atomic E-state index is 4.84. The molecule has 0 bridgehead atoms. The van der Waals surface area contributed by atoms with Crippen molar-refractivity contribution >= 4 is 39.1 Å². The first-order valence-electron chi connectivity index (χ1n) is 6.77. The molecule has 19 heavy (non-hydrogen) atoms. The Kier molecular flexibility index (Phi) is 3.67. The van der Waals surface area contributed by atoms with Crippen molar-refractivity contribution in [3.63, 3.8) is 0 Å². The van der Waals surface area contributed by atoms with Crippen LogP contribution in [0.1, 0.15) is 40.8 Å². The van der Waals surface area contributed by atoms with Gasteiger partial charge in [-0.15, -0.1) is 11.3 Å². The third-order valence-electron chi connectivity index (χ3n) is 3.75. The molecule has 1 saturated heterocycles. The van der Waals surface area contributed by atoms with Gasteiger partial charge in [0.05, 0.1) is 10.6 Å². The molecule has 0 radical (unpaired) electrons. The number of rotatable bonds is 2. The van der Waals surface area contributed by atoms with Gasteiger partial charge in [0.2, 0.25) is 0 Å². The summed E-state index contributed by atoms with van der Waals surface area (Å²) in [5.41, 5.74) is 1.31. The van der Waals surface area contributed by atoms with E-state index in [9.17, 15) is 0 Å². The van der Waals surface area contributed by atoms with E-state index < -0.39 is 0 Å². The molecule has 1 N–H and O–H groups in total. The zero-order valence-corrected chi connectivity index (χ0v) is 13.2. The molecule has 3 rings (SSSR count). The molecular formula is C14H19N3S2. The van der Waals surface area contributed by atoms with E-state index in [-0.39, 0.29) is 0 Å². The lowest BCUT2D eigenvalue weighted by Crippen LogP contribution is -2.08. The topological polar surface area (TPSA) is 37.8 Å². The normalized spacial score (nSPS) is 19.8. The number of aryl methyl sites for hydroxylation is 2. The van der Waals surface area contributed by atoms with Gasteiger partial charge in [0.1, 0.15) is 16.5 Å². The Bertz CT molecular complexity index is 600. The maximum atomic E-state index is 4.84. The van der Waals surface area contributed by atoms with E-state index in [0.29, 0.717) is 5.25 Å². The van der Waals surface area contributed by atoms with E-state index in [0.717, 1.165) is 16.5 Å². The van der Waals surface area contributed by atoms with Crippen LogP contribution in [0.2, 0.25) is 0 Å². The summed E-state index contributed by atoms with van der Waals surface area (Å²) in [7, 11) is 1.95. The Labute approximate surface area is 122 Å². The molecule has 1 aliphatic heterocycles. The summed E-state index contributed by atoms with van der Waals surface area (Å²) in [5, 5.41) is 4.93. The number of thiophene rings is 1. The molecule has 0 amide bonds. The standard InChI is InChI=1S/C14H19N3S2/c1-8-9(2)19-14-11(8)13(15-3)16-12(17-14)10-6-4-5-7-18-10/h10H,4-7H2,1-3H3,(H,15,16,17). The lowest BCUT2D eigenvalue weighted by molar-refractivity contribution is 0.665. The minimum atomic E-state index is 0.480. The van der Waals surface area contributed by atoms with Gasteiger partial charge in [-0.1, -0.05) is 6.42 Å². The van der Waals surface area contributed by atoms with Crippen LogP contribution in [0.4, 0.5) is 5.82 Å². The zero-order chi connectivity index (χ0) is 13.4. The molecule has 2 aromatic rings. The first-order chi connectivity index (χ1) is 9.20. The number of hydrogen-bond acceptors (Lipinski definition) is 5. The second kappa shape index (κ2) is 5.29. The van der Waals surface area contributed by atoms with E-state index in [2.05, 4.69) is 19.2 Å². The number of aromatic nitrogens is 2. The van der Waals surface area contributed by atoms with Crippen LogP contribution >= 0.6 is 23.1 Å². The number of thioether (sulfide) groups is 1. The average Bonchev–Trinajstić information content (AvgIpc) is 2.74. The zero-order valence-electron chi connectivity index (χ0n) is 11.6. The van der Waals surface area contributed by atoms with Gasteiger partial charge in [0.25, 0.3) is 0 Å². The van der Waals surface area contributed by atoms with E-state index in [4.69, 9.17) is 9.97 Å². The quantitative estimate of drug-likeness (QED) is 0.895. The van der Waals surface area contributed by atoms with Crippen LogP contribution < -0.4 is 5.32 Å². The summed E-state index contributed by atoms with van der Waals surface area (Å²) >= 11 is 3.79. The highest BCUT2D eigenvalue weighted by atomic mass is 32.2. The Balaban J connectivity index is 2.11. The fraction of sp³-hybridized carbons (Fsp3) is 0.571. The van der Waals surface area contributed by atoms with Crippen LogP contribution in [0.3, 0.4) is 0 Å². The van der Waals surface area contributed by atoms with Crippen LogP contribution in [0.25, 0.3) is 10.2 Å². The molecule has 3 heterocycles. The second-order valence-corrected chi connectivity index (χ2v) is 7.51. The number of nitrogens with zero attached hydrogens (tertiary/aromatic N) is 2. The fourth-order valence-electron chi connectivity index (χ4n) is 2.54. The van der Waals surface area contributed by atoms with Crippen LogP contribution in [0.5, 0.6) is 0 Å². The van der Waals surface area contributed by atoms with Gasteiger partial charge in [-0.25, -0.2) is 9.97 Å². The smallest absolute Gasteiger partial charge is 0.145 e. The van der Waals surface area contributed by atoms with Gasteiger partial charge in [0.15, 0.2) is 0 Å². The largest absolute Gasteiger partial charge is 0.372 e. The molecule has 0 saturated carbocycles. The fourth-order valence-corrected chi connectivity index (χ4v) is 4.81. The van der Waals surface area contributed by atoms with Crippen molar-refractivity contribution in [3.8, 4) is 0 Å². The minimum absolute atomic E-state index is 0.480. The van der Waals surface area contributed by atoms with Crippen molar-refractivity contribution in [1.82, 2.24) is 9.97 Å². The molecule has 5 heteroatoms. The van der Waals surface area contributed by atoms with Gasteiger partial charge in [-0.05, 0) is 38.0 Å². The number of fused-ring (bicyclic) bond motifs is 1. The maximum Gasteiger partial charge on any atom is 0.145 e.